The Labute approximate surface area is 125 Å². The predicted octanol–water partition coefficient (Wildman–Crippen LogP) is 0.856. The van der Waals surface area contributed by atoms with E-state index in [-0.39, 0.29) is 23.4 Å². The van der Waals surface area contributed by atoms with E-state index in [1.165, 1.54) is 12.1 Å². The first kappa shape index (κ1) is 16.9. The lowest BCUT2D eigenvalue weighted by Gasteiger charge is -2.14. The third kappa shape index (κ3) is 5.39. The van der Waals surface area contributed by atoms with Crippen LogP contribution in [-0.4, -0.2) is 28.9 Å². The van der Waals surface area contributed by atoms with Crippen molar-refractivity contribution in [2.45, 2.75) is 25.3 Å². The van der Waals surface area contributed by atoms with Crippen molar-refractivity contribution in [1.29, 1.82) is 0 Å². The summed E-state index contributed by atoms with van der Waals surface area (Å²) in [5.41, 5.74) is 4.91. The average molecular weight is 317 g/mol. The molecule has 0 spiro atoms. The number of amides is 2. The number of primary amides is 1. The summed E-state index contributed by atoms with van der Waals surface area (Å²) < 4.78 is 13.5. The van der Waals surface area contributed by atoms with Gasteiger partial charge < -0.3 is 16.2 Å². The highest BCUT2D eigenvalue weighted by molar-refractivity contribution is 6.31. The number of halogens is 2. The zero-order valence-electron chi connectivity index (χ0n) is 10.9. The number of hydrogen-bond donors (Lipinski definition) is 3. The largest absolute Gasteiger partial charge is 0.480 e. The SMILES string of the molecule is NC(=O)CC[C@@H](NC(=O)Cc1c(F)cccc1Cl)C(=O)O. The molecule has 0 aliphatic heterocycles. The number of aliphatic carboxylic acids is 1. The maximum atomic E-state index is 13.5. The summed E-state index contributed by atoms with van der Waals surface area (Å²) in [5.74, 6) is -3.34. The number of carboxylic acid groups (broad SMARTS) is 1. The van der Waals surface area contributed by atoms with E-state index in [9.17, 15) is 18.8 Å². The van der Waals surface area contributed by atoms with Crippen LogP contribution in [0.15, 0.2) is 18.2 Å². The van der Waals surface area contributed by atoms with Crippen LogP contribution >= 0.6 is 11.6 Å². The van der Waals surface area contributed by atoms with Crippen LogP contribution in [0.3, 0.4) is 0 Å². The zero-order valence-corrected chi connectivity index (χ0v) is 11.7. The van der Waals surface area contributed by atoms with Crippen molar-refractivity contribution in [2.24, 2.45) is 5.73 Å². The molecule has 0 heterocycles. The summed E-state index contributed by atoms with van der Waals surface area (Å²) in [6.07, 6.45) is -0.717. The van der Waals surface area contributed by atoms with E-state index in [4.69, 9.17) is 22.4 Å². The minimum atomic E-state index is -1.30. The fourth-order valence-electron chi connectivity index (χ4n) is 1.65. The molecule has 2 amide bonds. The van der Waals surface area contributed by atoms with Crippen LogP contribution in [0.5, 0.6) is 0 Å². The minimum absolute atomic E-state index is 0.0179. The Hall–Kier alpha value is -2.15. The quantitative estimate of drug-likeness (QED) is 0.693. The van der Waals surface area contributed by atoms with Gasteiger partial charge in [-0.3, -0.25) is 9.59 Å². The van der Waals surface area contributed by atoms with Gasteiger partial charge >= 0.3 is 5.97 Å². The normalized spacial score (nSPS) is 11.7. The molecule has 0 aromatic heterocycles. The molecule has 1 aromatic rings. The zero-order chi connectivity index (χ0) is 16.0. The fraction of sp³-hybridized carbons (Fsp3) is 0.308. The number of carbonyl (C=O) groups excluding carboxylic acids is 2. The molecule has 114 valence electrons. The van der Waals surface area contributed by atoms with Crippen molar-refractivity contribution in [1.82, 2.24) is 5.32 Å². The Morgan fingerprint density at radius 2 is 2.05 bits per heavy atom. The van der Waals surface area contributed by atoms with Crippen LogP contribution in [0.1, 0.15) is 18.4 Å². The molecule has 0 saturated carbocycles. The van der Waals surface area contributed by atoms with E-state index in [0.717, 1.165) is 6.07 Å². The second-order valence-electron chi connectivity index (χ2n) is 4.34. The van der Waals surface area contributed by atoms with E-state index in [2.05, 4.69) is 5.32 Å². The Kier molecular flexibility index (Phi) is 6.10. The molecule has 21 heavy (non-hydrogen) atoms. The van der Waals surface area contributed by atoms with Crippen LogP contribution in [0.25, 0.3) is 0 Å². The highest BCUT2D eigenvalue weighted by Crippen LogP contribution is 2.19. The van der Waals surface area contributed by atoms with Crippen LogP contribution in [0.2, 0.25) is 5.02 Å². The van der Waals surface area contributed by atoms with Gasteiger partial charge in [-0.05, 0) is 18.6 Å². The Balaban J connectivity index is 2.70. The van der Waals surface area contributed by atoms with Crippen LogP contribution in [0.4, 0.5) is 4.39 Å². The fourth-order valence-corrected chi connectivity index (χ4v) is 1.88. The Bertz CT molecular complexity index is 545. The first-order chi connectivity index (χ1) is 9.81. The van der Waals surface area contributed by atoms with Crippen LogP contribution in [-0.2, 0) is 20.8 Å². The Morgan fingerprint density at radius 1 is 1.38 bits per heavy atom. The summed E-state index contributed by atoms with van der Waals surface area (Å²) in [4.78, 5) is 33.4. The topological polar surface area (TPSA) is 109 Å². The molecule has 8 heteroatoms. The van der Waals surface area contributed by atoms with Gasteiger partial charge in [-0.2, -0.15) is 0 Å². The maximum absolute atomic E-state index is 13.5. The van der Waals surface area contributed by atoms with E-state index >= 15 is 0 Å². The van der Waals surface area contributed by atoms with Crippen molar-refractivity contribution >= 4 is 29.4 Å². The third-order valence-corrected chi connectivity index (χ3v) is 3.07. The first-order valence-corrected chi connectivity index (χ1v) is 6.42. The molecular weight excluding hydrogens is 303 g/mol. The van der Waals surface area contributed by atoms with Crippen molar-refractivity contribution in [3.63, 3.8) is 0 Å². The predicted molar refractivity (Wildman–Crippen MR) is 73.1 cm³/mol. The molecule has 1 atom stereocenters. The van der Waals surface area contributed by atoms with Gasteiger partial charge in [-0.25, -0.2) is 9.18 Å². The average Bonchev–Trinajstić information content (AvgIpc) is 2.38. The monoisotopic (exact) mass is 316 g/mol. The van der Waals surface area contributed by atoms with E-state index in [0.29, 0.717) is 0 Å². The molecule has 6 nitrogen and oxygen atoms in total. The Morgan fingerprint density at radius 3 is 2.57 bits per heavy atom. The minimum Gasteiger partial charge on any atom is -0.480 e. The molecule has 0 fully saturated rings. The van der Waals surface area contributed by atoms with Crippen molar-refractivity contribution in [2.75, 3.05) is 0 Å². The molecule has 1 aromatic carbocycles. The molecule has 0 radical (unpaired) electrons. The first-order valence-electron chi connectivity index (χ1n) is 6.04. The van der Waals surface area contributed by atoms with Crippen molar-refractivity contribution in [3.05, 3.63) is 34.6 Å². The molecule has 0 aliphatic rings. The second kappa shape index (κ2) is 7.58. The summed E-state index contributed by atoms with van der Waals surface area (Å²) in [6, 6.07) is 2.70. The summed E-state index contributed by atoms with van der Waals surface area (Å²) >= 11 is 5.78. The number of nitrogens with two attached hydrogens (primary N) is 1. The molecule has 1 rings (SSSR count). The maximum Gasteiger partial charge on any atom is 0.326 e. The molecule has 4 N–H and O–H groups in total. The number of nitrogens with one attached hydrogen (secondary N) is 1. The molecule has 0 unspecified atom stereocenters. The lowest BCUT2D eigenvalue weighted by Crippen LogP contribution is -2.42. The van der Waals surface area contributed by atoms with E-state index in [1.807, 2.05) is 0 Å². The van der Waals surface area contributed by atoms with Gasteiger partial charge in [0.1, 0.15) is 11.9 Å². The van der Waals surface area contributed by atoms with Gasteiger partial charge in [0.05, 0.1) is 6.42 Å². The van der Waals surface area contributed by atoms with E-state index < -0.39 is 36.1 Å². The van der Waals surface area contributed by atoms with Crippen molar-refractivity contribution < 1.29 is 23.9 Å². The van der Waals surface area contributed by atoms with Gasteiger partial charge in [-0.15, -0.1) is 0 Å². The molecule has 0 bridgehead atoms. The highest BCUT2D eigenvalue weighted by Gasteiger charge is 2.21. The number of rotatable bonds is 7. The lowest BCUT2D eigenvalue weighted by molar-refractivity contribution is -0.142. The van der Waals surface area contributed by atoms with Crippen molar-refractivity contribution in [3.8, 4) is 0 Å². The summed E-state index contributed by atoms with van der Waals surface area (Å²) in [5, 5.41) is 11.2. The third-order valence-electron chi connectivity index (χ3n) is 2.71. The van der Waals surface area contributed by atoms with E-state index in [1.54, 1.807) is 0 Å². The lowest BCUT2D eigenvalue weighted by atomic mass is 10.1. The number of carbonyl (C=O) groups is 3. The van der Waals surface area contributed by atoms with Gasteiger partial charge in [0.2, 0.25) is 11.8 Å². The van der Waals surface area contributed by atoms with Crippen LogP contribution < -0.4 is 11.1 Å². The standard InChI is InChI=1S/C13H14ClFN2O4/c14-8-2-1-3-9(15)7(8)6-12(19)17-10(13(20)21)4-5-11(16)18/h1-3,10H,4-6H2,(H2,16,18)(H,17,19)(H,20,21)/t10-/m1/s1. The van der Waals surface area contributed by atoms with Crippen LogP contribution in [0, 0.1) is 5.82 Å². The number of carboxylic acids is 1. The smallest absolute Gasteiger partial charge is 0.326 e. The number of hydrogen-bond acceptors (Lipinski definition) is 3. The van der Waals surface area contributed by atoms with Gasteiger partial charge in [0.25, 0.3) is 0 Å². The highest BCUT2D eigenvalue weighted by atomic mass is 35.5. The molecule has 0 aliphatic carbocycles. The molecular formula is C13H14ClFN2O4. The second-order valence-corrected chi connectivity index (χ2v) is 4.75. The molecule has 0 saturated heterocycles. The van der Waals surface area contributed by atoms with Gasteiger partial charge in [0, 0.05) is 17.0 Å². The number of benzene rings is 1. The van der Waals surface area contributed by atoms with Gasteiger partial charge in [0.15, 0.2) is 0 Å². The summed E-state index contributed by atoms with van der Waals surface area (Å²) in [7, 11) is 0. The van der Waals surface area contributed by atoms with Gasteiger partial charge in [-0.1, -0.05) is 17.7 Å². The summed E-state index contributed by atoms with van der Waals surface area (Å²) in [6.45, 7) is 0.